The lowest BCUT2D eigenvalue weighted by atomic mass is 9.95. The summed E-state index contributed by atoms with van der Waals surface area (Å²) in [5.74, 6) is 2.64. The molecule has 0 radical (unpaired) electrons. The molecule has 0 aromatic carbocycles. The van der Waals surface area contributed by atoms with E-state index in [1.807, 2.05) is 29.8 Å². The van der Waals surface area contributed by atoms with E-state index >= 15 is 0 Å². The van der Waals surface area contributed by atoms with Crippen molar-refractivity contribution in [1.29, 1.82) is 0 Å². The lowest BCUT2D eigenvalue weighted by Gasteiger charge is -2.34. The molecule has 1 aliphatic heterocycles. The molecule has 1 aliphatic carbocycles. The van der Waals surface area contributed by atoms with E-state index in [2.05, 4.69) is 36.3 Å². The molecule has 2 atom stereocenters. The van der Waals surface area contributed by atoms with Gasteiger partial charge in [-0.15, -0.1) is 10.2 Å². The van der Waals surface area contributed by atoms with Crippen LogP contribution in [0.4, 0.5) is 5.95 Å². The van der Waals surface area contributed by atoms with Crippen LogP contribution in [0.3, 0.4) is 0 Å². The minimum atomic E-state index is 0.0371. The van der Waals surface area contributed by atoms with E-state index in [0.717, 1.165) is 54.7 Å². The van der Waals surface area contributed by atoms with E-state index in [1.54, 1.807) is 13.2 Å². The van der Waals surface area contributed by atoms with Crippen LogP contribution in [0.5, 0.6) is 11.9 Å². The molecular weight excluding hydrogens is 458 g/mol. The average Bonchev–Trinajstić information content (AvgIpc) is 3.51. The molecule has 11 heteroatoms. The predicted molar refractivity (Wildman–Crippen MR) is 126 cm³/mol. The first-order valence-electron chi connectivity index (χ1n) is 11.2. The van der Waals surface area contributed by atoms with Gasteiger partial charge in [0.15, 0.2) is 5.82 Å². The summed E-state index contributed by atoms with van der Waals surface area (Å²) >= 11 is 6.23. The quantitative estimate of drug-likeness (QED) is 0.510. The predicted octanol–water partition coefficient (Wildman–Crippen LogP) is 4.18. The third-order valence-electron chi connectivity index (χ3n) is 6.20. The molecule has 0 N–H and O–H groups in total. The number of piperidine rings is 1. The molecule has 178 valence electrons. The smallest absolute Gasteiger partial charge is 0.320 e. The standard InChI is InChI=1S/C23H26ClN7O3/c1-30-21(17-13-20(32-2)26-22(25-17)33-3)27-28-23(30)31-10-5-4-9-18(31)16-12-19(34-29-16)14-7-6-8-15(24)11-14/h6-8,12-14,18H,4-5,9-11H2,1-3H3. The number of hydrogen-bond acceptors (Lipinski definition) is 9. The fourth-order valence-electron chi connectivity index (χ4n) is 4.46. The fraction of sp³-hybridized carbons (Fsp3) is 0.435. The molecule has 0 bridgehead atoms. The monoisotopic (exact) mass is 483 g/mol. The topological polar surface area (TPSA) is 104 Å². The van der Waals surface area contributed by atoms with Crippen molar-refractivity contribution in [2.45, 2.75) is 37.6 Å². The summed E-state index contributed by atoms with van der Waals surface area (Å²) in [6.07, 6.45) is 9.80. The first kappa shape index (κ1) is 22.4. The van der Waals surface area contributed by atoms with Crippen LogP contribution in [0.25, 0.3) is 11.5 Å². The number of nitrogens with zero attached hydrogens (tertiary/aromatic N) is 7. The third kappa shape index (κ3) is 4.25. The van der Waals surface area contributed by atoms with Crippen molar-refractivity contribution in [3.8, 4) is 23.4 Å². The van der Waals surface area contributed by atoms with Crippen LogP contribution in [-0.4, -0.2) is 50.7 Å². The van der Waals surface area contributed by atoms with E-state index in [9.17, 15) is 0 Å². The molecule has 10 nitrogen and oxygen atoms in total. The molecule has 0 spiro atoms. The van der Waals surface area contributed by atoms with Crippen LogP contribution in [0, 0.1) is 0 Å². The van der Waals surface area contributed by atoms with Crippen molar-refractivity contribution in [2.24, 2.45) is 7.05 Å². The van der Waals surface area contributed by atoms with E-state index in [-0.39, 0.29) is 18.0 Å². The van der Waals surface area contributed by atoms with Crippen molar-refractivity contribution in [3.05, 3.63) is 46.8 Å². The van der Waals surface area contributed by atoms with Gasteiger partial charge in [-0.25, -0.2) is 0 Å². The van der Waals surface area contributed by atoms with Gasteiger partial charge in [0.1, 0.15) is 17.1 Å². The molecule has 2 unspecified atom stereocenters. The highest BCUT2D eigenvalue weighted by molar-refractivity contribution is 6.29. The Morgan fingerprint density at radius 2 is 2.00 bits per heavy atom. The summed E-state index contributed by atoms with van der Waals surface area (Å²) in [7, 11) is 4.98. The van der Waals surface area contributed by atoms with E-state index in [1.165, 1.54) is 7.11 Å². The maximum Gasteiger partial charge on any atom is 0.320 e. The second-order valence-electron chi connectivity index (χ2n) is 8.33. The summed E-state index contributed by atoms with van der Waals surface area (Å²) in [5, 5.41) is 14.2. The zero-order chi connectivity index (χ0) is 23.7. The van der Waals surface area contributed by atoms with Gasteiger partial charge in [0.25, 0.3) is 0 Å². The number of aromatic nitrogens is 6. The lowest BCUT2D eigenvalue weighted by molar-refractivity contribution is 0.352. The average molecular weight is 484 g/mol. The van der Waals surface area contributed by atoms with Gasteiger partial charge in [-0.1, -0.05) is 28.9 Å². The van der Waals surface area contributed by atoms with Crippen LogP contribution in [0.15, 0.2) is 39.9 Å². The first-order chi connectivity index (χ1) is 16.6. The maximum absolute atomic E-state index is 6.23. The minimum Gasteiger partial charge on any atom is -0.481 e. The Morgan fingerprint density at radius 1 is 1.12 bits per heavy atom. The summed E-state index contributed by atoms with van der Waals surface area (Å²) in [6, 6.07) is 4.00. The Balaban J connectivity index is 1.44. The van der Waals surface area contributed by atoms with Crippen molar-refractivity contribution in [2.75, 3.05) is 25.7 Å². The van der Waals surface area contributed by atoms with Crippen LogP contribution in [0.2, 0.25) is 0 Å². The van der Waals surface area contributed by atoms with Crippen molar-refractivity contribution in [3.63, 3.8) is 0 Å². The van der Waals surface area contributed by atoms with Gasteiger partial charge in [0, 0.05) is 36.7 Å². The van der Waals surface area contributed by atoms with Crippen molar-refractivity contribution >= 4 is 17.5 Å². The molecule has 5 rings (SSSR count). The SMILES string of the molecule is COc1cc(-c2nnc(N3CCCCC3c3cc(C4C=CC=C(Cl)C4)on3)n2C)nc(OC)n1. The molecule has 3 aromatic heterocycles. The second kappa shape index (κ2) is 9.46. The molecule has 34 heavy (non-hydrogen) atoms. The Bertz CT molecular complexity index is 1210. The Morgan fingerprint density at radius 3 is 2.79 bits per heavy atom. The fourth-order valence-corrected chi connectivity index (χ4v) is 4.70. The first-order valence-corrected chi connectivity index (χ1v) is 11.6. The Hall–Kier alpha value is -3.40. The molecule has 2 aliphatic rings. The van der Waals surface area contributed by atoms with Gasteiger partial charge < -0.3 is 18.9 Å². The highest BCUT2D eigenvalue weighted by Crippen LogP contribution is 2.37. The van der Waals surface area contributed by atoms with Crippen LogP contribution >= 0.6 is 11.6 Å². The number of hydrogen-bond donors (Lipinski definition) is 0. The molecule has 0 amide bonds. The van der Waals surface area contributed by atoms with Crippen LogP contribution in [0.1, 0.15) is 49.1 Å². The van der Waals surface area contributed by atoms with E-state index in [4.69, 9.17) is 25.6 Å². The van der Waals surface area contributed by atoms with Crippen molar-refractivity contribution < 1.29 is 14.0 Å². The molecule has 1 fully saturated rings. The highest BCUT2D eigenvalue weighted by atomic mass is 35.5. The number of halogens is 1. The summed E-state index contributed by atoms with van der Waals surface area (Å²) in [4.78, 5) is 10.8. The van der Waals surface area contributed by atoms with Gasteiger partial charge in [-0.05, 0) is 31.8 Å². The Labute approximate surface area is 202 Å². The van der Waals surface area contributed by atoms with Crippen LogP contribution < -0.4 is 14.4 Å². The third-order valence-corrected chi connectivity index (χ3v) is 6.48. The Kier molecular flexibility index (Phi) is 6.23. The van der Waals surface area contributed by atoms with Crippen LogP contribution in [-0.2, 0) is 7.05 Å². The van der Waals surface area contributed by atoms with E-state index in [0.29, 0.717) is 17.4 Å². The van der Waals surface area contributed by atoms with Gasteiger partial charge in [0.05, 0.1) is 20.3 Å². The highest BCUT2D eigenvalue weighted by Gasteiger charge is 2.32. The second-order valence-corrected chi connectivity index (χ2v) is 8.82. The zero-order valence-corrected chi connectivity index (χ0v) is 20.1. The molecule has 0 saturated carbocycles. The summed E-state index contributed by atoms with van der Waals surface area (Å²) < 4.78 is 18.2. The van der Waals surface area contributed by atoms with Gasteiger partial charge in [-0.2, -0.15) is 9.97 Å². The lowest BCUT2D eigenvalue weighted by Crippen LogP contribution is -2.35. The largest absolute Gasteiger partial charge is 0.481 e. The number of rotatable bonds is 6. The maximum atomic E-state index is 6.23. The van der Waals surface area contributed by atoms with Crippen molar-refractivity contribution in [1.82, 2.24) is 29.9 Å². The van der Waals surface area contributed by atoms with Gasteiger partial charge in [0.2, 0.25) is 11.8 Å². The zero-order valence-electron chi connectivity index (χ0n) is 19.3. The minimum absolute atomic E-state index is 0.0371. The molecule has 4 heterocycles. The number of anilines is 1. The van der Waals surface area contributed by atoms with Gasteiger partial charge in [-0.3, -0.25) is 4.57 Å². The number of ether oxygens (including phenoxy) is 2. The number of allylic oxidation sites excluding steroid dienone is 4. The number of methoxy groups -OCH3 is 2. The van der Waals surface area contributed by atoms with Gasteiger partial charge >= 0.3 is 6.01 Å². The molecular formula is C23H26ClN7O3. The normalized spacial score (nSPS) is 20.4. The van der Waals surface area contributed by atoms with E-state index < -0.39 is 0 Å². The molecule has 1 saturated heterocycles. The summed E-state index contributed by atoms with van der Waals surface area (Å²) in [5.41, 5.74) is 1.46. The molecule has 3 aromatic rings. The summed E-state index contributed by atoms with van der Waals surface area (Å²) in [6.45, 7) is 0.840.